The summed E-state index contributed by atoms with van der Waals surface area (Å²) in [7, 11) is 0. The van der Waals surface area contributed by atoms with Gasteiger partial charge in [0, 0.05) is 48.2 Å². The summed E-state index contributed by atoms with van der Waals surface area (Å²) in [5.41, 5.74) is 2.08. The number of urea groups is 2. The monoisotopic (exact) mass is 424 g/mol. The molecule has 0 radical (unpaired) electrons. The van der Waals surface area contributed by atoms with Crippen LogP contribution in [0.15, 0.2) is 55.1 Å². The maximum Gasteiger partial charge on any atom is 0.319 e. The molecular formula is C21H28N8O2. The maximum atomic E-state index is 12.4. The predicted octanol–water partition coefficient (Wildman–Crippen LogP) is 2.81. The van der Waals surface area contributed by atoms with E-state index in [1.807, 2.05) is 51.4 Å². The number of aryl methyl sites for hydroxylation is 1. The summed E-state index contributed by atoms with van der Waals surface area (Å²) in [5, 5.41) is 19.7. The predicted molar refractivity (Wildman–Crippen MR) is 119 cm³/mol. The van der Waals surface area contributed by atoms with Crippen molar-refractivity contribution in [2.45, 2.75) is 45.9 Å². The highest BCUT2D eigenvalue weighted by atomic mass is 16.2. The average Bonchev–Trinajstić information content (AvgIpc) is 3.38. The van der Waals surface area contributed by atoms with Gasteiger partial charge in [-0.15, -0.1) is 0 Å². The van der Waals surface area contributed by atoms with Crippen LogP contribution in [-0.4, -0.2) is 43.7 Å². The molecule has 1 aromatic carbocycles. The van der Waals surface area contributed by atoms with Crippen LogP contribution in [0.5, 0.6) is 0 Å². The van der Waals surface area contributed by atoms with Crippen LogP contribution in [0.1, 0.15) is 19.4 Å². The molecule has 0 aliphatic heterocycles. The first-order valence-corrected chi connectivity index (χ1v) is 10.1. The summed E-state index contributed by atoms with van der Waals surface area (Å²) in [6.45, 7) is 6.83. The number of nitrogens with one attached hydrogen (secondary N) is 4. The normalized spacial score (nSPS) is 12.6. The minimum atomic E-state index is -0.327. The Morgan fingerprint density at radius 2 is 1.45 bits per heavy atom. The Labute approximate surface area is 181 Å². The molecule has 3 rings (SSSR count). The zero-order valence-electron chi connectivity index (χ0n) is 17.9. The lowest BCUT2D eigenvalue weighted by Gasteiger charge is -2.17. The lowest BCUT2D eigenvalue weighted by atomic mass is 10.2. The fourth-order valence-electron chi connectivity index (χ4n) is 3.08. The zero-order valence-corrected chi connectivity index (χ0v) is 17.9. The molecule has 2 heterocycles. The quantitative estimate of drug-likeness (QED) is 0.445. The van der Waals surface area contributed by atoms with E-state index in [2.05, 4.69) is 31.5 Å². The largest absolute Gasteiger partial charge is 0.334 e. The molecule has 4 amide bonds. The number of hydrogen-bond donors (Lipinski definition) is 4. The Bertz CT molecular complexity index is 985. The van der Waals surface area contributed by atoms with Crippen LogP contribution in [0.4, 0.5) is 21.0 Å². The molecule has 31 heavy (non-hydrogen) atoms. The highest BCUT2D eigenvalue weighted by molar-refractivity contribution is 5.93. The lowest BCUT2D eigenvalue weighted by Crippen LogP contribution is -2.39. The molecule has 0 spiro atoms. The Balaban J connectivity index is 1.51. The highest BCUT2D eigenvalue weighted by Gasteiger charge is 2.12. The summed E-state index contributed by atoms with van der Waals surface area (Å²) < 4.78 is 3.51. The molecule has 0 aliphatic carbocycles. The van der Waals surface area contributed by atoms with Crippen molar-refractivity contribution < 1.29 is 9.59 Å². The van der Waals surface area contributed by atoms with Crippen molar-refractivity contribution in [2.75, 3.05) is 10.6 Å². The van der Waals surface area contributed by atoms with Crippen molar-refractivity contribution in [3.05, 3.63) is 60.7 Å². The molecule has 10 nitrogen and oxygen atoms in total. The van der Waals surface area contributed by atoms with Gasteiger partial charge in [0.15, 0.2) is 0 Å². The van der Waals surface area contributed by atoms with Crippen LogP contribution in [0, 0.1) is 6.92 Å². The zero-order chi connectivity index (χ0) is 22.2. The second-order valence-electron chi connectivity index (χ2n) is 7.48. The summed E-state index contributed by atoms with van der Waals surface area (Å²) in [4.78, 5) is 24.7. The minimum Gasteiger partial charge on any atom is -0.334 e. The number of carbonyl (C=O) groups is 2. The lowest BCUT2D eigenvalue weighted by molar-refractivity contribution is 0.247. The van der Waals surface area contributed by atoms with E-state index >= 15 is 0 Å². The highest BCUT2D eigenvalue weighted by Crippen LogP contribution is 2.20. The van der Waals surface area contributed by atoms with E-state index in [0.717, 1.165) is 5.56 Å². The van der Waals surface area contributed by atoms with Crippen molar-refractivity contribution in [1.29, 1.82) is 0 Å². The van der Waals surface area contributed by atoms with Crippen molar-refractivity contribution in [2.24, 2.45) is 0 Å². The van der Waals surface area contributed by atoms with E-state index in [1.165, 1.54) is 0 Å². The standard InChI is InChI=1S/C21H28N8O2/c1-15-6-7-18(26-20(30)24-16(2)13-28-10-4-8-22-28)12-19(15)27-21(31)25-17(3)14-29-11-5-9-23-29/h4-12,16-17H,13-14H2,1-3H3,(H2,24,26,30)(H2,25,27,31). The molecule has 0 fully saturated rings. The van der Waals surface area contributed by atoms with Crippen LogP contribution in [0.3, 0.4) is 0 Å². The van der Waals surface area contributed by atoms with Crippen molar-refractivity contribution >= 4 is 23.4 Å². The Morgan fingerprint density at radius 1 is 0.903 bits per heavy atom. The second-order valence-corrected chi connectivity index (χ2v) is 7.48. The first-order chi connectivity index (χ1) is 14.9. The van der Waals surface area contributed by atoms with Gasteiger partial charge < -0.3 is 21.3 Å². The van der Waals surface area contributed by atoms with Crippen molar-refractivity contribution in [3.63, 3.8) is 0 Å². The van der Waals surface area contributed by atoms with Crippen LogP contribution >= 0.6 is 0 Å². The van der Waals surface area contributed by atoms with Crippen LogP contribution in [-0.2, 0) is 13.1 Å². The molecule has 4 N–H and O–H groups in total. The van der Waals surface area contributed by atoms with E-state index < -0.39 is 0 Å². The SMILES string of the molecule is Cc1ccc(NC(=O)NC(C)Cn2cccn2)cc1NC(=O)NC(C)Cn1cccn1. The van der Waals surface area contributed by atoms with Gasteiger partial charge in [0.1, 0.15) is 0 Å². The Hall–Kier alpha value is -3.82. The van der Waals surface area contributed by atoms with E-state index in [-0.39, 0.29) is 24.1 Å². The van der Waals surface area contributed by atoms with Crippen molar-refractivity contribution in [3.8, 4) is 0 Å². The van der Waals surface area contributed by atoms with E-state index in [0.29, 0.717) is 24.5 Å². The number of anilines is 2. The summed E-state index contributed by atoms with van der Waals surface area (Å²) in [6, 6.07) is 8.16. The molecule has 0 bridgehead atoms. The van der Waals surface area contributed by atoms with Gasteiger partial charge in [-0.1, -0.05) is 6.07 Å². The van der Waals surface area contributed by atoms with Crippen molar-refractivity contribution in [1.82, 2.24) is 30.2 Å². The van der Waals surface area contributed by atoms with Crippen LogP contribution in [0.25, 0.3) is 0 Å². The number of nitrogens with zero attached hydrogens (tertiary/aromatic N) is 4. The number of carbonyl (C=O) groups excluding carboxylic acids is 2. The number of hydrogen-bond acceptors (Lipinski definition) is 4. The number of rotatable bonds is 8. The van der Waals surface area contributed by atoms with Gasteiger partial charge in [0.05, 0.1) is 13.1 Å². The molecule has 3 aromatic rings. The van der Waals surface area contributed by atoms with Gasteiger partial charge in [-0.25, -0.2) is 9.59 Å². The Morgan fingerprint density at radius 3 is 1.97 bits per heavy atom. The molecule has 2 aromatic heterocycles. The molecule has 10 heteroatoms. The maximum absolute atomic E-state index is 12.4. The van der Waals surface area contributed by atoms with Gasteiger partial charge in [-0.2, -0.15) is 10.2 Å². The van der Waals surface area contributed by atoms with Gasteiger partial charge in [-0.05, 0) is 50.6 Å². The number of aromatic nitrogens is 4. The van der Waals surface area contributed by atoms with E-state index in [1.54, 1.807) is 33.9 Å². The third kappa shape index (κ3) is 6.88. The third-order valence-corrected chi connectivity index (χ3v) is 4.54. The van der Waals surface area contributed by atoms with Crippen LogP contribution in [0.2, 0.25) is 0 Å². The fraction of sp³-hybridized carbons (Fsp3) is 0.333. The second kappa shape index (κ2) is 10.3. The molecule has 2 unspecified atom stereocenters. The summed E-state index contributed by atoms with van der Waals surface area (Å²) in [6.07, 6.45) is 7.08. The molecule has 0 saturated heterocycles. The first-order valence-electron chi connectivity index (χ1n) is 10.1. The topological polar surface area (TPSA) is 118 Å². The summed E-state index contributed by atoms with van der Waals surface area (Å²) in [5.74, 6) is 0. The van der Waals surface area contributed by atoms with Gasteiger partial charge in [0.25, 0.3) is 0 Å². The number of amides is 4. The van der Waals surface area contributed by atoms with Gasteiger partial charge in [0.2, 0.25) is 0 Å². The molecule has 0 aliphatic rings. The molecule has 2 atom stereocenters. The third-order valence-electron chi connectivity index (χ3n) is 4.54. The average molecular weight is 425 g/mol. The van der Waals surface area contributed by atoms with Gasteiger partial charge >= 0.3 is 12.1 Å². The Kier molecular flexibility index (Phi) is 7.26. The molecule has 0 saturated carbocycles. The van der Waals surface area contributed by atoms with E-state index in [4.69, 9.17) is 0 Å². The fourth-order valence-corrected chi connectivity index (χ4v) is 3.08. The summed E-state index contributed by atoms with van der Waals surface area (Å²) >= 11 is 0. The van der Waals surface area contributed by atoms with Gasteiger partial charge in [-0.3, -0.25) is 9.36 Å². The number of benzene rings is 1. The first kappa shape index (κ1) is 21.9. The minimum absolute atomic E-state index is 0.106. The molecular weight excluding hydrogens is 396 g/mol. The smallest absolute Gasteiger partial charge is 0.319 e. The van der Waals surface area contributed by atoms with Crippen LogP contribution < -0.4 is 21.3 Å². The molecule has 164 valence electrons. The van der Waals surface area contributed by atoms with E-state index in [9.17, 15) is 9.59 Å².